The quantitative estimate of drug-likeness (QED) is 0.158. The highest BCUT2D eigenvalue weighted by molar-refractivity contribution is 6.15. The minimum absolute atomic E-state index is 0.0739. The number of likely N-dealkylation sites (N-methyl/N-ethyl adjacent to an activating group) is 1. The lowest BCUT2D eigenvalue weighted by molar-refractivity contribution is -0.171. The molecule has 4 unspecified atom stereocenters. The van der Waals surface area contributed by atoms with E-state index >= 15 is 0 Å². The van der Waals surface area contributed by atoms with E-state index < -0.39 is 28.8 Å². The highest BCUT2D eigenvalue weighted by Crippen LogP contribution is 2.53. The number of phenols is 1. The molecule has 0 bridgehead atoms. The number of fused-ring (bicyclic) bond motifs is 2. The second-order valence-corrected chi connectivity index (χ2v) is 17.5. The molecule has 1 amide bonds. The number of benzene rings is 1. The van der Waals surface area contributed by atoms with E-state index in [4.69, 9.17) is 14.2 Å². The van der Waals surface area contributed by atoms with Crippen molar-refractivity contribution in [3.8, 4) is 17.2 Å². The molecule has 0 radical (unpaired) electrons. The zero-order valence-corrected chi connectivity index (χ0v) is 36.6. The summed E-state index contributed by atoms with van der Waals surface area (Å²) in [5.74, 6) is -0.229. The summed E-state index contributed by atoms with van der Waals surface area (Å²) in [7, 11) is 0. The van der Waals surface area contributed by atoms with Gasteiger partial charge in [0.2, 0.25) is 5.91 Å². The Balaban J connectivity index is 1.46. The Morgan fingerprint density at radius 2 is 1.74 bits per heavy atom. The molecular weight excluding hydrogens is 729 g/mol. The molecule has 0 saturated carbocycles. The van der Waals surface area contributed by atoms with Crippen LogP contribution in [0.5, 0.6) is 17.2 Å². The third-order valence-electron chi connectivity index (χ3n) is 11.9. The Morgan fingerprint density at radius 3 is 2.38 bits per heavy atom. The van der Waals surface area contributed by atoms with Crippen LogP contribution in [0.3, 0.4) is 0 Å². The SMILES string of the molecule is C/C=C1/C(=O)c2c(O)c3c(c(CC=C(C)C)c2OC1C1CCC(=O)C(C)(C/C=C(/C)C(=O)N(CC)CCc2ccccn2)OC1(C)C)OC(C)(CCC=C(C)C)C=C3. The van der Waals surface area contributed by atoms with Crippen LogP contribution in [0.4, 0.5) is 0 Å². The van der Waals surface area contributed by atoms with Crippen LogP contribution in [-0.4, -0.2) is 68.5 Å². The van der Waals surface area contributed by atoms with Gasteiger partial charge < -0.3 is 24.2 Å². The summed E-state index contributed by atoms with van der Waals surface area (Å²) in [4.78, 5) is 48.4. The second-order valence-electron chi connectivity index (χ2n) is 17.5. The van der Waals surface area contributed by atoms with Crippen LogP contribution >= 0.6 is 0 Å². The minimum atomic E-state index is -1.22. The highest BCUT2D eigenvalue weighted by Gasteiger charge is 2.52. The molecule has 2 aromatic rings. The number of hydrogen-bond donors (Lipinski definition) is 1. The average molecular weight is 793 g/mol. The molecule has 1 fully saturated rings. The van der Waals surface area contributed by atoms with Crippen molar-refractivity contribution in [2.24, 2.45) is 5.92 Å². The Morgan fingerprint density at radius 1 is 1.02 bits per heavy atom. The van der Waals surface area contributed by atoms with Crippen molar-refractivity contribution in [3.63, 3.8) is 0 Å². The van der Waals surface area contributed by atoms with Gasteiger partial charge in [0.25, 0.3) is 0 Å². The topological polar surface area (TPSA) is 115 Å². The van der Waals surface area contributed by atoms with Gasteiger partial charge in [-0.2, -0.15) is 0 Å². The van der Waals surface area contributed by atoms with E-state index in [1.807, 2.05) is 78.0 Å². The van der Waals surface area contributed by atoms with Crippen molar-refractivity contribution in [2.75, 3.05) is 13.1 Å². The van der Waals surface area contributed by atoms with Crippen molar-refractivity contribution in [2.45, 2.75) is 144 Å². The molecule has 3 aliphatic rings. The van der Waals surface area contributed by atoms with E-state index in [2.05, 4.69) is 31.0 Å². The molecule has 9 nitrogen and oxygen atoms in total. The number of allylic oxidation sites excluding steroid dienone is 5. The summed E-state index contributed by atoms with van der Waals surface area (Å²) in [5.41, 5.74) is 2.70. The summed E-state index contributed by atoms with van der Waals surface area (Å²) < 4.78 is 20.7. The van der Waals surface area contributed by atoms with Crippen molar-refractivity contribution in [1.29, 1.82) is 0 Å². The van der Waals surface area contributed by atoms with E-state index in [1.54, 1.807) is 37.9 Å². The fourth-order valence-corrected chi connectivity index (χ4v) is 8.40. The lowest BCUT2D eigenvalue weighted by Crippen LogP contribution is -2.50. The maximum Gasteiger partial charge on any atom is 0.249 e. The molecule has 0 spiro atoms. The number of ether oxygens (including phenoxy) is 3. The normalized spacial score (nSPS) is 24.5. The molecule has 3 aliphatic heterocycles. The van der Waals surface area contributed by atoms with Gasteiger partial charge in [0.05, 0.1) is 11.2 Å². The lowest BCUT2D eigenvalue weighted by Gasteiger charge is -2.44. The van der Waals surface area contributed by atoms with Crippen LogP contribution in [0.15, 0.2) is 77.1 Å². The largest absolute Gasteiger partial charge is 0.506 e. The van der Waals surface area contributed by atoms with Crippen molar-refractivity contribution in [1.82, 2.24) is 9.88 Å². The number of amides is 1. The van der Waals surface area contributed by atoms with Crippen molar-refractivity contribution in [3.05, 3.63) is 99.5 Å². The van der Waals surface area contributed by atoms with E-state index in [-0.39, 0.29) is 41.6 Å². The Bertz CT molecular complexity index is 2050. The monoisotopic (exact) mass is 792 g/mol. The van der Waals surface area contributed by atoms with Crippen molar-refractivity contribution >= 4 is 23.5 Å². The smallest absolute Gasteiger partial charge is 0.249 e. The second kappa shape index (κ2) is 18.0. The number of carbonyl (C=O) groups is 3. The minimum Gasteiger partial charge on any atom is -0.506 e. The van der Waals surface area contributed by atoms with Crippen LogP contribution in [0.2, 0.25) is 0 Å². The number of aromatic nitrogens is 1. The lowest BCUT2D eigenvalue weighted by atomic mass is 9.76. The predicted octanol–water partition coefficient (Wildman–Crippen LogP) is 10.1. The Kier molecular flexibility index (Phi) is 13.8. The van der Waals surface area contributed by atoms with Gasteiger partial charge in [-0.15, -0.1) is 0 Å². The zero-order chi connectivity index (χ0) is 42.6. The van der Waals surface area contributed by atoms with E-state index in [0.29, 0.717) is 66.1 Å². The van der Waals surface area contributed by atoms with Gasteiger partial charge in [-0.25, -0.2) is 0 Å². The molecule has 1 aromatic carbocycles. The molecule has 312 valence electrons. The number of ketones is 2. The molecule has 1 N–H and O–H groups in total. The number of carbonyl (C=O) groups excluding carboxylic acids is 3. The van der Waals surface area contributed by atoms with E-state index in [9.17, 15) is 19.5 Å². The number of phenolic OH excluding ortho intramolecular Hbond substituents is 1. The summed E-state index contributed by atoms with van der Waals surface area (Å²) in [5, 5.41) is 11.8. The van der Waals surface area contributed by atoms with Crippen LogP contribution < -0.4 is 9.47 Å². The Hall–Kier alpha value is -4.76. The molecule has 0 aliphatic carbocycles. The first-order valence-corrected chi connectivity index (χ1v) is 20.9. The fourth-order valence-electron chi connectivity index (χ4n) is 8.40. The highest BCUT2D eigenvalue weighted by atomic mass is 16.5. The summed E-state index contributed by atoms with van der Waals surface area (Å²) in [6.45, 7) is 22.5. The third kappa shape index (κ3) is 9.57. The first-order chi connectivity index (χ1) is 27.3. The van der Waals surface area contributed by atoms with Gasteiger partial charge in [-0.3, -0.25) is 19.4 Å². The predicted molar refractivity (Wildman–Crippen MR) is 230 cm³/mol. The molecule has 4 atom stereocenters. The number of pyridine rings is 1. The summed E-state index contributed by atoms with van der Waals surface area (Å²) >= 11 is 0. The summed E-state index contributed by atoms with van der Waals surface area (Å²) in [6, 6.07) is 5.76. The van der Waals surface area contributed by atoms with Crippen LogP contribution in [0.1, 0.15) is 135 Å². The number of hydrogen-bond acceptors (Lipinski definition) is 8. The first kappa shape index (κ1) is 44.3. The standard InChI is InChI=1S/C49H64N2O7/c1-12-35-41(53)40-42(54)36-24-27-48(10,26-16-17-31(3)4)57-43(36)37(20-19-32(5)6)45(40)56-44(35)38-21-22-39(52)49(11,58-47(38,8)9)28-23-33(7)46(55)51(13-2)30-25-34-18-14-15-29-50-34/h12,14-15,17-19,23-24,27,29,38,44,54H,13,16,20-22,25-26,28,30H2,1-11H3/b33-23-,35-12-. The molecule has 4 heterocycles. The van der Waals surface area contributed by atoms with Gasteiger partial charge in [0.1, 0.15) is 40.1 Å². The van der Waals surface area contributed by atoms with Crippen LogP contribution in [-0.2, 0) is 27.2 Å². The zero-order valence-electron chi connectivity index (χ0n) is 36.6. The number of aromatic hydroxyl groups is 1. The third-order valence-corrected chi connectivity index (χ3v) is 11.9. The summed E-state index contributed by atoms with van der Waals surface area (Å²) in [6.07, 6.45) is 16.1. The molecular formula is C49H64N2O7. The maximum atomic E-state index is 14.6. The van der Waals surface area contributed by atoms with E-state index in [0.717, 1.165) is 24.1 Å². The van der Waals surface area contributed by atoms with Crippen LogP contribution in [0.25, 0.3) is 6.08 Å². The molecule has 9 heteroatoms. The molecule has 5 rings (SSSR count). The first-order valence-electron chi connectivity index (χ1n) is 20.9. The number of Topliss-reactive ketones (excluding diaryl/α,β-unsaturated/α-hetero) is 2. The molecule has 1 aromatic heterocycles. The molecule has 1 saturated heterocycles. The number of nitrogens with zero attached hydrogens (tertiary/aromatic N) is 2. The maximum absolute atomic E-state index is 14.6. The van der Waals surface area contributed by atoms with Gasteiger partial charge in [0, 0.05) is 66.9 Å². The van der Waals surface area contributed by atoms with Crippen molar-refractivity contribution < 1.29 is 33.7 Å². The van der Waals surface area contributed by atoms with E-state index in [1.165, 1.54) is 5.57 Å². The Labute approximate surface area is 345 Å². The van der Waals surface area contributed by atoms with Gasteiger partial charge in [-0.1, -0.05) is 41.5 Å². The number of rotatable bonds is 13. The van der Waals surface area contributed by atoms with Crippen LogP contribution in [0, 0.1) is 5.92 Å². The van der Waals surface area contributed by atoms with Gasteiger partial charge >= 0.3 is 0 Å². The van der Waals surface area contributed by atoms with Gasteiger partial charge in [-0.05, 0) is 126 Å². The fraction of sp³-hybridized carbons (Fsp3) is 0.510. The van der Waals surface area contributed by atoms with Gasteiger partial charge in [0.15, 0.2) is 11.6 Å². The molecule has 58 heavy (non-hydrogen) atoms. The average Bonchev–Trinajstić information content (AvgIpc) is 3.25.